The molecule has 1 saturated heterocycles. The number of anilines is 1. The van der Waals surface area contributed by atoms with Gasteiger partial charge < -0.3 is 25.4 Å². The van der Waals surface area contributed by atoms with Crippen molar-refractivity contribution in [2.45, 2.75) is 31.5 Å². The second-order valence-electron chi connectivity index (χ2n) is 4.41. The van der Waals surface area contributed by atoms with Gasteiger partial charge in [-0.05, 0) is 6.07 Å². The summed E-state index contributed by atoms with van der Waals surface area (Å²) in [6.07, 6.45) is -3.50. The molecular formula is C11H15N3O6. The zero-order valence-corrected chi connectivity index (χ0v) is 10.6. The van der Waals surface area contributed by atoms with Crippen LogP contribution in [0.25, 0.3) is 0 Å². The Kier molecular flexibility index (Phi) is 4.14. The van der Waals surface area contributed by atoms with Crippen LogP contribution in [0.2, 0.25) is 0 Å². The average Bonchev–Trinajstić information content (AvgIpc) is 2.66. The lowest BCUT2D eigenvalue weighted by atomic mass is 10.1. The van der Waals surface area contributed by atoms with Crippen LogP contribution >= 0.6 is 0 Å². The zero-order chi connectivity index (χ0) is 14.9. The number of nitrogens with one attached hydrogen (secondary N) is 1. The minimum Gasteiger partial charge on any atom is -0.394 e. The van der Waals surface area contributed by atoms with Crippen LogP contribution in [0.1, 0.15) is 13.2 Å². The summed E-state index contributed by atoms with van der Waals surface area (Å²) in [5.74, 6) is -0.298. The minimum absolute atomic E-state index is 0.0745. The third-order valence-corrected chi connectivity index (χ3v) is 2.93. The average molecular weight is 285 g/mol. The van der Waals surface area contributed by atoms with E-state index in [-0.39, 0.29) is 11.7 Å². The van der Waals surface area contributed by atoms with E-state index in [4.69, 9.17) is 9.84 Å². The fraction of sp³-hybridized carbons (Fsp3) is 0.545. The van der Waals surface area contributed by atoms with Crippen molar-refractivity contribution in [1.82, 2.24) is 9.55 Å². The smallest absolute Gasteiger partial charge is 0.351 e. The Balaban J connectivity index is 2.26. The molecule has 0 aromatic carbocycles. The molecule has 0 unspecified atom stereocenters. The van der Waals surface area contributed by atoms with Gasteiger partial charge in [-0.2, -0.15) is 4.98 Å². The second-order valence-corrected chi connectivity index (χ2v) is 4.41. The molecule has 2 rings (SSSR count). The van der Waals surface area contributed by atoms with Crippen molar-refractivity contribution in [3.05, 3.63) is 22.7 Å². The summed E-state index contributed by atoms with van der Waals surface area (Å²) in [4.78, 5) is 26.3. The number of carbonyl (C=O) groups excluding carboxylic acids is 1. The molecule has 9 nitrogen and oxygen atoms in total. The summed E-state index contributed by atoms with van der Waals surface area (Å²) >= 11 is 0. The molecule has 20 heavy (non-hydrogen) atoms. The third-order valence-electron chi connectivity index (χ3n) is 2.93. The molecule has 0 saturated carbocycles. The number of aromatic nitrogens is 2. The van der Waals surface area contributed by atoms with Gasteiger partial charge in [0.15, 0.2) is 6.23 Å². The van der Waals surface area contributed by atoms with Crippen LogP contribution in [0.5, 0.6) is 0 Å². The van der Waals surface area contributed by atoms with E-state index in [2.05, 4.69) is 10.3 Å². The van der Waals surface area contributed by atoms with E-state index in [1.54, 1.807) is 0 Å². The van der Waals surface area contributed by atoms with E-state index < -0.39 is 36.8 Å². The van der Waals surface area contributed by atoms with Crippen LogP contribution in [-0.4, -0.2) is 55.7 Å². The molecule has 2 heterocycles. The van der Waals surface area contributed by atoms with Crippen LogP contribution in [-0.2, 0) is 9.53 Å². The highest BCUT2D eigenvalue weighted by molar-refractivity contribution is 5.87. The Morgan fingerprint density at radius 2 is 2.20 bits per heavy atom. The van der Waals surface area contributed by atoms with Gasteiger partial charge >= 0.3 is 5.69 Å². The molecular weight excluding hydrogens is 270 g/mol. The number of hydrogen-bond donors (Lipinski definition) is 4. The lowest BCUT2D eigenvalue weighted by Gasteiger charge is -2.17. The topological polar surface area (TPSA) is 134 Å². The molecule has 1 amide bonds. The highest BCUT2D eigenvalue weighted by Gasteiger charge is 2.43. The number of aliphatic hydroxyl groups excluding tert-OH is 3. The normalized spacial score (nSPS) is 29.4. The van der Waals surface area contributed by atoms with Crippen LogP contribution in [0.3, 0.4) is 0 Å². The Morgan fingerprint density at radius 3 is 2.70 bits per heavy atom. The van der Waals surface area contributed by atoms with E-state index in [0.29, 0.717) is 0 Å². The predicted molar refractivity (Wildman–Crippen MR) is 65.8 cm³/mol. The Morgan fingerprint density at radius 1 is 1.50 bits per heavy atom. The van der Waals surface area contributed by atoms with Gasteiger partial charge in [0, 0.05) is 13.1 Å². The molecule has 1 aliphatic heterocycles. The maximum absolute atomic E-state index is 11.8. The van der Waals surface area contributed by atoms with Gasteiger partial charge in [0.05, 0.1) is 6.61 Å². The highest BCUT2D eigenvalue weighted by atomic mass is 16.6. The molecule has 0 radical (unpaired) electrons. The molecule has 1 aromatic rings. The number of amides is 1. The van der Waals surface area contributed by atoms with Gasteiger partial charge in [0.2, 0.25) is 5.91 Å². The largest absolute Gasteiger partial charge is 0.394 e. The number of rotatable bonds is 3. The number of nitrogens with zero attached hydrogens (tertiary/aromatic N) is 2. The van der Waals surface area contributed by atoms with E-state index in [1.807, 2.05) is 0 Å². The maximum Gasteiger partial charge on any atom is 0.351 e. The van der Waals surface area contributed by atoms with Gasteiger partial charge in [-0.3, -0.25) is 9.36 Å². The quantitative estimate of drug-likeness (QED) is 0.495. The number of hydrogen-bond acceptors (Lipinski definition) is 7. The van der Waals surface area contributed by atoms with Gasteiger partial charge in [-0.1, -0.05) is 0 Å². The lowest BCUT2D eigenvalue weighted by Crippen LogP contribution is -2.36. The summed E-state index contributed by atoms with van der Waals surface area (Å²) in [5.41, 5.74) is -0.758. The van der Waals surface area contributed by atoms with E-state index in [9.17, 15) is 19.8 Å². The minimum atomic E-state index is -1.36. The molecule has 0 spiro atoms. The molecule has 1 aliphatic rings. The summed E-state index contributed by atoms with van der Waals surface area (Å²) in [7, 11) is 0. The third kappa shape index (κ3) is 2.70. The first-order chi connectivity index (χ1) is 9.43. The van der Waals surface area contributed by atoms with Crippen LogP contribution in [0, 0.1) is 0 Å². The number of carbonyl (C=O) groups is 1. The Labute approximate surface area is 113 Å². The molecule has 0 bridgehead atoms. The molecule has 1 aromatic heterocycles. The van der Waals surface area contributed by atoms with Crippen molar-refractivity contribution in [2.24, 2.45) is 0 Å². The predicted octanol–water partition coefficient (Wildman–Crippen LogP) is -2.19. The Bertz CT molecular complexity index is 559. The first-order valence-electron chi connectivity index (χ1n) is 5.93. The van der Waals surface area contributed by atoms with E-state index in [0.717, 1.165) is 4.57 Å². The van der Waals surface area contributed by atoms with Crippen LogP contribution < -0.4 is 11.0 Å². The monoisotopic (exact) mass is 285 g/mol. The summed E-state index contributed by atoms with van der Waals surface area (Å²) in [6, 6.07) is 1.36. The fourth-order valence-electron chi connectivity index (χ4n) is 1.97. The molecule has 4 N–H and O–H groups in total. The van der Waals surface area contributed by atoms with Crippen molar-refractivity contribution < 1.29 is 24.9 Å². The van der Waals surface area contributed by atoms with Gasteiger partial charge in [0.1, 0.15) is 24.1 Å². The standard InChI is InChI=1S/C11H15N3O6/c1-5(16)12-7-2-3-14(11(19)13-7)10-9(18)8(17)6(4-15)20-10/h2-3,6,8-10,15,17-18H,4H2,1H3,(H,12,13,16,19)/t6-,8-,9-,10+/m1/s1. The Hall–Kier alpha value is -1.81. The fourth-order valence-corrected chi connectivity index (χ4v) is 1.97. The lowest BCUT2D eigenvalue weighted by molar-refractivity contribution is -0.114. The summed E-state index contributed by atoms with van der Waals surface area (Å²) in [6.45, 7) is 0.792. The van der Waals surface area contributed by atoms with Crippen molar-refractivity contribution in [1.29, 1.82) is 0 Å². The van der Waals surface area contributed by atoms with Crippen molar-refractivity contribution in [3.8, 4) is 0 Å². The SMILES string of the molecule is CC(=O)Nc1ccn([C@H]2O[C@H](CO)[C@@H](O)[C@H]2O)c(=O)n1. The van der Waals surface area contributed by atoms with Crippen molar-refractivity contribution in [3.63, 3.8) is 0 Å². The number of aliphatic hydroxyl groups is 3. The van der Waals surface area contributed by atoms with Gasteiger partial charge in [0.25, 0.3) is 0 Å². The van der Waals surface area contributed by atoms with Crippen LogP contribution in [0.15, 0.2) is 17.1 Å². The summed E-state index contributed by atoms with van der Waals surface area (Å²) < 4.78 is 6.19. The molecule has 9 heteroatoms. The first kappa shape index (κ1) is 14.6. The number of ether oxygens (including phenoxy) is 1. The summed E-state index contributed by atoms with van der Waals surface area (Å²) in [5, 5.41) is 30.8. The van der Waals surface area contributed by atoms with Crippen molar-refractivity contribution in [2.75, 3.05) is 11.9 Å². The highest BCUT2D eigenvalue weighted by Crippen LogP contribution is 2.27. The first-order valence-corrected chi connectivity index (χ1v) is 5.93. The maximum atomic E-state index is 11.8. The van der Waals surface area contributed by atoms with Crippen LogP contribution in [0.4, 0.5) is 5.82 Å². The molecule has 110 valence electrons. The van der Waals surface area contributed by atoms with Gasteiger partial charge in [-0.25, -0.2) is 4.79 Å². The van der Waals surface area contributed by atoms with E-state index >= 15 is 0 Å². The van der Waals surface area contributed by atoms with Gasteiger partial charge in [-0.15, -0.1) is 0 Å². The van der Waals surface area contributed by atoms with Crippen molar-refractivity contribution >= 4 is 11.7 Å². The van der Waals surface area contributed by atoms with E-state index in [1.165, 1.54) is 19.2 Å². The molecule has 0 aliphatic carbocycles. The molecule has 4 atom stereocenters. The zero-order valence-electron chi connectivity index (χ0n) is 10.6. The second kappa shape index (κ2) is 5.67. The molecule has 1 fully saturated rings.